The molecule has 1 aliphatic heterocycles. The number of likely N-dealkylation sites (tertiary alicyclic amines) is 1. The van der Waals surface area contributed by atoms with Crippen LogP contribution in [0, 0.1) is 17.8 Å². The van der Waals surface area contributed by atoms with Gasteiger partial charge < -0.3 is 15.4 Å². The molecule has 0 bridgehead atoms. The number of nitrogens with two attached hydrogens (primary N) is 1. The highest BCUT2D eigenvalue weighted by Crippen LogP contribution is 2.34. The molecule has 5 heteroatoms. The normalized spacial score (nSPS) is 26.7. The minimum atomic E-state index is 0.143. The SMILES string of the molecule is COc1ccc(Cl)cc1CC1CCCN(C(=O)[C@@H]2CCC[C@@H]2CN)C1. The summed E-state index contributed by atoms with van der Waals surface area (Å²) in [6.07, 6.45) is 6.35. The van der Waals surface area contributed by atoms with Gasteiger partial charge in [-0.05, 0) is 74.2 Å². The van der Waals surface area contributed by atoms with E-state index in [0.717, 1.165) is 68.0 Å². The zero-order valence-electron chi connectivity index (χ0n) is 15.0. The molecular weight excluding hydrogens is 336 g/mol. The summed E-state index contributed by atoms with van der Waals surface area (Å²) >= 11 is 6.16. The van der Waals surface area contributed by atoms with Crippen molar-refractivity contribution in [2.24, 2.45) is 23.5 Å². The second-order valence-electron chi connectivity index (χ2n) is 7.49. The van der Waals surface area contributed by atoms with Gasteiger partial charge in [0, 0.05) is 24.0 Å². The molecule has 0 radical (unpaired) electrons. The van der Waals surface area contributed by atoms with Gasteiger partial charge in [-0.25, -0.2) is 0 Å². The number of carbonyl (C=O) groups is 1. The van der Waals surface area contributed by atoms with Crippen LogP contribution in [0.4, 0.5) is 0 Å². The zero-order valence-corrected chi connectivity index (χ0v) is 15.8. The Morgan fingerprint density at radius 1 is 1.32 bits per heavy atom. The van der Waals surface area contributed by atoms with Gasteiger partial charge in [0.15, 0.2) is 0 Å². The molecule has 1 aromatic carbocycles. The van der Waals surface area contributed by atoms with Crippen LogP contribution in [0.5, 0.6) is 5.75 Å². The molecule has 0 spiro atoms. The van der Waals surface area contributed by atoms with Crippen LogP contribution in [0.1, 0.15) is 37.7 Å². The van der Waals surface area contributed by atoms with E-state index in [9.17, 15) is 4.79 Å². The van der Waals surface area contributed by atoms with E-state index in [1.54, 1.807) is 7.11 Å². The first-order valence-electron chi connectivity index (χ1n) is 9.43. The summed E-state index contributed by atoms with van der Waals surface area (Å²) in [7, 11) is 1.69. The smallest absolute Gasteiger partial charge is 0.226 e. The number of halogens is 1. The number of amides is 1. The maximum absolute atomic E-state index is 13.0. The zero-order chi connectivity index (χ0) is 17.8. The number of hydrogen-bond acceptors (Lipinski definition) is 3. The van der Waals surface area contributed by atoms with Gasteiger partial charge in [-0.2, -0.15) is 0 Å². The molecular formula is C20H29ClN2O2. The number of rotatable bonds is 5. The molecule has 1 saturated carbocycles. The van der Waals surface area contributed by atoms with Crippen molar-refractivity contribution < 1.29 is 9.53 Å². The van der Waals surface area contributed by atoms with Crippen molar-refractivity contribution in [1.82, 2.24) is 4.90 Å². The maximum Gasteiger partial charge on any atom is 0.226 e. The third kappa shape index (κ3) is 4.29. The van der Waals surface area contributed by atoms with E-state index >= 15 is 0 Å². The molecule has 4 nitrogen and oxygen atoms in total. The second kappa shape index (κ2) is 8.41. The van der Waals surface area contributed by atoms with E-state index in [-0.39, 0.29) is 5.92 Å². The predicted molar refractivity (Wildman–Crippen MR) is 101 cm³/mol. The first-order valence-corrected chi connectivity index (χ1v) is 9.81. The fraction of sp³-hybridized carbons (Fsp3) is 0.650. The number of piperidine rings is 1. The lowest BCUT2D eigenvalue weighted by molar-refractivity contribution is -0.138. The van der Waals surface area contributed by atoms with Gasteiger partial charge in [-0.15, -0.1) is 0 Å². The van der Waals surface area contributed by atoms with Gasteiger partial charge in [0.2, 0.25) is 5.91 Å². The van der Waals surface area contributed by atoms with Gasteiger partial charge in [0.05, 0.1) is 7.11 Å². The Kier molecular flexibility index (Phi) is 6.24. The summed E-state index contributed by atoms with van der Waals surface area (Å²) in [5.74, 6) is 2.19. The average molecular weight is 365 g/mol. The number of ether oxygens (including phenoxy) is 1. The van der Waals surface area contributed by atoms with Gasteiger partial charge >= 0.3 is 0 Å². The minimum absolute atomic E-state index is 0.143. The molecule has 1 aromatic rings. The summed E-state index contributed by atoms with van der Waals surface area (Å²) < 4.78 is 5.47. The summed E-state index contributed by atoms with van der Waals surface area (Å²) in [4.78, 5) is 15.1. The Bertz CT molecular complexity index is 607. The quantitative estimate of drug-likeness (QED) is 0.869. The molecule has 1 saturated heterocycles. The van der Waals surface area contributed by atoms with E-state index in [1.807, 2.05) is 18.2 Å². The Balaban J connectivity index is 1.65. The molecule has 1 unspecified atom stereocenters. The number of nitrogens with zero attached hydrogens (tertiary/aromatic N) is 1. The Morgan fingerprint density at radius 3 is 2.92 bits per heavy atom. The summed E-state index contributed by atoms with van der Waals surface area (Å²) in [5, 5.41) is 0.733. The summed E-state index contributed by atoms with van der Waals surface area (Å²) in [6, 6.07) is 5.77. The van der Waals surface area contributed by atoms with Crippen molar-refractivity contribution in [2.45, 2.75) is 38.5 Å². The largest absolute Gasteiger partial charge is 0.496 e. The lowest BCUT2D eigenvalue weighted by atomic mass is 9.88. The van der Waals surface area contributed by atoms with Crippen molar-refractivity contribution in [3.05, 3.63) is 28.8 Å². The fourth-order valence-electron chi connectivity index (χ4n) is 4.53. The van der Waals surface area contributed by atoms with E-state index in [4.69, 9.17) is 22.1 Å². The Morgan fingerprint density at radius 2 is 2.16 bits per heavy atom. The van der Waals surface area contributed by atoms with E-state index in [2.05, 4.69) is 4.90 Å². The number of hydrogen-bond donors (Lipinski definition) is 1. The molecule has 1 amide bonds. The first-order chi connectivity index (χ1) is 12.1. The number of methoxy groups -OCH3 is 1. The van der Waals surface area contributed by atoms with Gasteiger partial charge in [0.1, 0.15) is 5.75 Å². The van der Waals surface area contributed by atoms with Crippen molar-refractivity contribution in [3.8, 4) is 5.75 Å². The number of benzene rings is 1. The molecule has 3 rings (SSSR count). The number of carbonyl (C=O) groups excluding carboxylic acids is 1. The van der Waals surface area contributed by atoms with Crippen molar-refractivity contribution >= 4 is 17.5 Å². The van der Waals surface area contributed by atoms with Crippen LogP contribution in [-0.4, -0.2) is 37.6 Å². The fourth-order valence-corrected chi connectivity index (χ4v) is 4.72. The second-order valence-corrected chi connectivity index (χ2v) is 7.92. The van der Waals surface area contributed by atoms with Gasteiger partial charge in [-0.3, -0.25) is 4.79 Å². The molecule has 3 atom stereocenters. The van der Waals surface area contributed by atoms with Crippen molar-refractivity contribution in [1.29, 1.82) is 0 Å². The maximum atomic E-state index is 13.0. The highest BCUT2D eigenvalue weighted by atomic mass is 35.5. The molecule has 1 aliphatic carbocycles. The highest BCUT2D eigenvalue weighted by Gasteiger charge is 2.36. The van der Waals surface area contributed by atoms with E-state index in [1.165, 1.54) is 0 Å². The Labute approximate surface area is 155 Å². The molecule has 2 aliphatic rings. The monoisotopic (exact) mass is 364 g/mol. The molecule has 138 valence electrons. The lowest BCUT2D eigenvalue weighted by Gasteiger charge is -2.35. The molecule has 2 fully saturated rings. The minimum Gasteiger partial charge on any atom is -0.496 e. The van der Waals surface area contributed by atoms with Crippen molar-refractivity contribution in [3.63, 3.8) is 0 Å². The third-order valence-electron chi connectivity index (χ3n) is 5.86. The third-order valence-corrected chi connectivity index (χ3v) is 6.10. The highest BCUT2D eigenvalue weighted by molar-refractivity contribution is 6.30. The molecule has 0 aromatic heterocycles. The Hall–Kier alpha value is -1.26. The first kappa shape index (κ1) is 18.5. The van der Waals surface area contributed by atoms with Crippen LogP contribution < -0.4 is 10.5 Å². The van der Waals surface area contributed by atoms with Crippen LogP contribution in [-0.2, 0) is 11.2 Å². The molecule has 2 N–H and O–H groups in total. The van der Waals surface area contributed by atoms with Crippen LogP contribution >= 0.6 is 11.6 Å². The van der Waals surface area contributed by atoms with Crippen LogP contribution in [0.2, 0.25) is 5.02 Å². The average Bonchev–Trinajstić information content (AvgIpc) is 3.10. The molecule has 1 heterocycles. The van der Waals surface area contributed by atoms with Crippen LogP contribution in [0.3, 0.4) is 0 Å². The van der Waals surface area contributed by atoms with E-state index in [0.29, 0.717) is 24.3 Å². The van der Waals surface area contributed by atoms with Crippen LogP contribution in [0.25, 0.3) is 0 Å². The lowest BCUT2D eigenvalue weighted by Crippen LogP contribution is -2.45. The standard InChI is InChI=1S/C20H29ClN2O2/c1-25-19-8-7-17(21)11-16(19)10-14-4-3-9-23(13-14)20(24)18-6-2-5-15(18)12-22/h7-8,11,14-15,18H,2-6,9-10,12-13,22H2,1H3/t14?,15-,18-/m1/s1. The van der Waals surface area contributed by atoms with Crippen LogP contribution in [0.15, 0.2) is 18.2 Å². The topological polar surface area (TPSA) is 55.6 Å². The predicted octanol–water partition coefficient (Wildman–Crippen LogP) is 3.50. The summed E-state index contributed by atoms with van der Waals surface area (Å²) in [5.41, 5.74) is 7.00. The van der Waals surface area contributed by atoms with E-state index < -0.39 is 0 Å². The van der Waals surface area contributed by atoms with Gasteiger partial charge in [-0.1, -0.05) is 18.0 Å². The van der Waals surface area contributed by atoms with Crippen molar-refractivity contribution in [2.75, 3.05) is 26.7 Å². The molecule has 25 heavy (non-hydrogen) atoms. The summed E-state index contributed by atoms with van der Waals surface area (Å²) in [6.45, 7) is 2.35. The van der Waals surface area contributed by atoms with Gasteiger partial charge in [0.25, 0.3) is 0 Å².